The summed E-state index contributed by atoms with van der Waals surface area (Å²) in [6.45, 7) is 0. The van der Waals surface area contributed by atoms with Gasteiger partial charge in [-0.1, -0.05) is 140 Å². The van der Waals surface area contributed by atoms with Gasteiger partial charge in [-0.15, -0.1) is 22.7 Å². The lowest BCUT2D eigenvalue weighted by molar-refractivity contribution is 1.02. The van der Waals surface area contributed by atoms with Crippen molar-refractivity contribution in [2.24, 2.45) is 0 Å². The third-order valence-corrected chi connectivity index (χ3v) is 12.9. The molecule has 0 saturated heterocycles. The predicted molar refractivity (Wildman–Crippen MR) is 220 cm³/mol. The van der Waals surface area contributed by atoms with Gasteiger partial charge in [-0.05, 0) is 33.7 Å². The van der Waals surface area contributed by atoms with Crippen molar-refractivity contribution in [2.45, 2.75) is 0 Å². The minimum Gasteiger partial charge on any atom is -0.277 e. The summed E-state index contributed by atoms with van der Waals surface area (Å²) >= 11 is 3.67. The molecule has 236 valence electrons. The first-order valence-electron chi connectivity index (χ1n) is 17.2. The van der Waals surface area contributed by atoms with Crippen molar-refractivity contribution in [1.29, 1.82) is 0 Å². The average Bonchev–Trinajstić information content (AvgIpc) is 3.89. The molecule has 0 radical (unpaired) electrons. The highest BCUT2D eigenvalue weighted by Gasteiger charge is 2.25. The van der Waals surface area contributed by atoms with Gasteiger partial charge in [-0.25, -0.2) is 9.97 Å². The van der Waals surface area contributed by atoms with E-state index in [1.807, 2.05) is 11.3 Å². The lowest BCUT2D eigenvalue weighted by atomic mass is 9.96. The molecule has 0 unspecified atom stereocenters. The van der Waals surface area contributed by atoms with Crippen LogP contribution in [0.4, 0.5) is 0 Å². The molecule has 8 aromatic carbocycles. The molecule has 0 atom stereocenters. The number of nitrogens with zero attached hydrogens (tertiary/aromatic N) is 3. The van der Waals surface area contributed by atoms with Gasteiger partial charge in [0, 0.05) is 62.8 Å². The third-order valence-electron chi connectivity index (χ3n) is 10.6. The SMILES string of the molecule is c1ccc(-c2nc(-n3c4ccccc4c4c5sc6ccccc6c5c5ccccc5c43)nc3sc4c5ccccc5c5ccccc5c4c23)cc1. The van der Waals surface area contributed by atoms with E-state index in [1.54, 1.807) is 11.3 Å². The molecule has 0 aliphatic carbocycles. The Morgan fingerprint density at radius 1 is 0.392 bits per heavy atom. The van der Waals surface area contributed by atoms with E-state index in [4.69, 9.17) is 9.97 Å². The molecule has 12 aromatic rings. The van der Waals surface area contributed by atoms with Crippen LogP contribution < -0.4 is 0 Å². The Morgan fingerprint density at radius 2 is 0.980 bits per heavy atom. The molecular weight excluding hydrogens is 659 g/mol. The second kappa shape index (κ2) is 10.2. The van der Waals surface area contributed by atoms with Gasteiger partial charge in [0.15, 0.2) is 0 Å². The molecular formula is C46H25N3S2. The van der Waals surface area contributed by atoms with E-state index >= 15 is 0 Å². The normalized spacial score (nSPS) is 12.3. The van der Waals surface area contributed by atoms with Crippen molar-refractivity contribution in [1.82, 2.24) is 14.5 Å². The maximum Gasteiger partial charge on any atom is 0.236 e. The predicted octanol–water partition coefficient (Wildman–Crippen LogP) is 13.4. The molecule has 0 aliphatic heterocycles. The quantitative estimate of drug-likeness (QED) is 0.170. The molecule has 0 N–H and O–H groups in total. The summed E-state index contributed by atoms with van der Waals surface area (Å²) in [5, 5.41) is 14.9. The molecule has 0 amide bonds. The summed E-state index contributed by atoms with van der Waals surface area (Å²) < 4.78 is 6.20. The zero-order valence-corrected chi connectivity index (χ0v) is 28.7. The lowest BCUT2D eigenvalue weighted by Gasteiger charge is -2.12. The van der Waals surface area contributed by atoms with Crippen LogP contribution in [0.3, 0.4) is 0 Å². The first-order valence-corrected chi connectivity index (χ1v) is 18.8. The van der Waals surface area contributed by atoms with Gasteiger partial charge in [0.25, 0.3) is 0 Å². The van der Waals surface area contributed by atoms with E-state index in [0.717, 1.165) is 32.5 Å². The summed E-state index contributed by atoms with van der Waals surface area (Å²) in [6.07, 6.45) is 0. The summed E-state index contributed by atoms with van der Waals surface area (Å²) in [7, 11) is 0. The average molecular weight is 684 g/mol. The highest BCUT2D eigenvalue weighted by atomic mass is 32.1. The summed E-state index contributed by atoms with van der Waals surface area (Å²) in [5.41, 5.74) is 4.31. The van der Waals surface area contributed by atoms with E-state index in [2.05, 4.69) is 156 Å². The van der Waals surface area contributed by atoms with Gasteiger partial charge in [-0.2, -0.15) is 0 Å². The van der Waals surface area contributed by atoms with Crippen LogP contribution in [0.2, 0.25) is 0 Å². The topological polar surface area (TPSA) is 30.7 Å². The number of para-hydroxylation sites is 1. The summed E-state index contributed by atoms with van der Waals surface area (Å²) in [4.78, 5) is 12.2. The molecule has 5 heteroatoms. The van der Waals surface area contributed by atoms with Crippen molar-refractivity contribution in [3.63, 3.8) is 0 Å². The summed E-state index contributed by atoms with van der Waals surface area (Å²) in [5.74, 6) is 0.693. The Balaban J connectivity index is 1.31. The number of aromatic nitrogens is 3. The van der Waals surface area contributed by atoms with Crippen molar-refractivity contribution in [2.75, 3.05) is 0 Å². The smallest absolute Gasteiger partial charge is 0.236 e. The lowest BCUT2D eigenvalue weighted by Crippen LogP contribution is -2.03. The van der Waals surface area contributed by atoms with Gasteiger partial charge in [-0.3, -0.25) is 4.57 Å². The first kappa shape index (κ1) is 27.7. The molecule has 0 aliphatic rings. The molecule has 4 heterocycles. The molecule has 12 rings (SSSR count). The van der Waals surface area contributed by atoms with Gasteiger partial charge in [0.1, 0.15) is 4.83 Å². The van der Waals surface area contributed by atoms with Crippen LogP contribution in [0.1, 0.15) is 0 Å². The van der Waals surface area contributed by atoms with E-state index < -0.39 is 0 Å². The fraction of sp³-hybridized carbons (Fsp3) is 0. The van der Waals surface area contributed by atoms with Crippen LogP contribution in [-0.2, 0) is 0 Å². The van der Waals surface area contributed by atoms with Crippen molar-refractivity contribution in [3.8, 4) is 17.2 Å². The minimum atomic E-state index is 0.693. The number of benzene rings is 8. The largest absolute Gasteiger partial charge is 0.277 e. The van der Waals surface area contributed by atoms with Crippen LogP contribution in [0, 0.1) is 0 Å². The van der Waals surface area contributed by atoms with Crippen LogP contribution in [0.25, 0.3) is 112 Å². The molecule has 4 aromatic heterocycles. The van der Waals surface area contributed by atoms with E-state index in [0.29, 0.717) is 5.95 Å². The van der Waals surface area contributed by atoms with Crippen LogP contribution >= 0.6 is 22.7 Å². The van der Waals surface area contributed by atoms with Crippen molar-refractivity contribution < 1.29 is 0 Å². The van der Waals surface area contributed by atoms with Crippen LogP contribution in [0.5, 0.6) is 0 Å². The minimum absolute atomic E-state index is 0.693. The molecule has 0 spiro atoms. The Bertz CT molecular complexity index is 3420. The fourth-order valence-corrected chi connectivity index (χ4v) is 11.0. The van der Waals surface area contributed by atoms with Crippen molar-refractivity contribution >= 4 is 117 Å². The molecule has 0 bridgehead atoms. The summed E-state index contributed by atoms with van der Waals surface area (Å²) in [6, 6.07) is 54.7. The molecule has 0 fully saturated rings. The number of hydrogen-bond acceptors (Lipinski definition) is 4. The van der Waals surface area contributed by atoms with Gasteiger partial charge < -0.3 is 0 Å². The Hall–Kier alpha value is -6.14. The standard InChI is InChI=1S/C46H25N3S2/c1-2-14-26(15-3-1)41-40-38-29-18-6-4-16-27(29)28-17-5-9-21-32(28)43(38)51-45(40)48-46(47-41)49-35-24-12-10-22-33(35)39-42(49)31-20-8-7-19-30(31)37-34-23-11-13-25-36(34)50-44(37)39/h1-25H. The monoisotopic (exact) mass is 683 g/mol. The van der Waals surface area contributed by atoms with Gasteiger partial charge >= 0.3 is 0 Å². The first-order chi connectivity index (χ1) is 25.3. The van der Waals surface area contributed by atoms with E-state index in [1.165, 1.54) is 73.3 Å². The number of rotatable bonds is 2. The highest BCUT2D eigenvalue weighted by molar-refractivity contribution is 7.27. The fourth-order valence-electron chi connectivity index (χ4n) is 8.52. The second-order valence-corrected chi connectivity index (χ2v) is 15.3. The van der Waals surface area contributed by atoms with Gasteiger partial charge in [0.05, 0.1) is 16.7 Å². The number of thiophene rings is 2. The van der Waals surface area contributed by atoms with E-state index in [-0.39, 0.29) is 0 Å². The Kier molecular flexibility index (Phi) is 5.53. The maximum absolute atomic E-state index is 5.61. The maximum atomic E-state index is 5.61. The van der Waals surface area contributed by atoms with E-state index in [9.17, 15) is 0 Å². The van der Waals surface area contributed by atoms with Crippen molar-refractivity contribution in [3.05, 3.63) is 152 Å². The number of hydrogen-bond donors (Lipinski definition) is 0. The van der Waals surface area contributed by atoms with Gasteiger partial charge in [0.2, 0.25) is 5.95 Å². The third kappa shape index (κ3) is 3.66. The zero-order chi connectivity index (χ0) is 33.2. The highest BCUT2D eigenvalue weighted by Crippen LogP contribution is 2.49. The second-order valence-electron chi connectivity index (χ2n) is 13.2. The Morgan fingerprint density at radius 3 is 1.76 bits per heavy atom. The van der Waals surface area contributed by atoms with Crippen LogP contribution in [-0.4, -0.2) is 14.5 Å². The molecule has 51 heavy (non-hydrogen) atoms. The van der Waals surface area contributed by atoms with Crippen LogP contribution in [0.15, 0.2) is 152 Å². The number of fused-ring (bicyclic) bond motifs is 18. The molecule has 3 nitrogen and oxygen atoms in total. The Labute approximate surface area is 299 Å². The molecule has 0 saturated carbocycles. The zero-order valence-electron chi connectivity index (χ0n) is 27.1.